The van der Waals surface area contributed by atoms with Gasteiger partial charge in [-0.05, 0) is 30.3 Å². The molecule has 4 nitrogen and oxygen atoms in total. The van der Waals surface area contributed by atoms with E-state index < -0.39 is 0 Å². The Bertz CT molecular complexity index is 664. The molecular formula is C15H11NO3S. The molecule has 0 atom stereocenters. The number of benzene rings is 2. The molecule has 2 aromatic carbocycles. The maximum absolute atomic E-state index is 12.1. The van der Waals surface area contributed by atoms with Gasteiger partial charge in [-0.1, -0.05) is 18.2 Å². The fraction of sp³-hybridized carbons (Fsp3) is 0.0667. The maximum Gasteiger partial charge on any atom is 0.262 e. The molecule has 0 saturated carbocycles. The Kier molecular flexibility index (Phi) is 3.20. The van der Waals surface area contributed by atoms with Crippen LogP contribution >= 0.6 is 11.8 Å². The first-order valence-corrected chi connectivity index (χ1v) is 7.02. The minimum Gasteiger partial charge on any atom is -0.508 e. The van der Waals surface area contributed by atoms with Crippen molar-refractivity contribution in [3.63, 3.8) is 0 Å². The third-order valence-electron chi connectivity index (χ3n) is 3.06. The first-order valence-electron chi connectivity index (χ1n) is 6.04. The number of carbonyl (C=O) groups is 2. The highest BCUT2D eigenvalue weighted by molar-refractivity contribution is 7.99. The lowest BCUT2D eigenvalue weighted by molar-refractivity contribution is 0.0684. The number of hydrogen-bond acceptors (Lipinski definition) is 4. The molecule has 2 aromatic rings. The van der Waals surface area contributed by atoms with Crippen LogP contribution in [0.5, 0.6) is 5.75 Å². The van der Waals surface area contributed by atoms with Crippen molar-refractivity contribution in [2.24, 2.45) is 0 Å². The molecule has 0 radical (unpaired) electrons. The van der Waals surface area contributed by atoms with Gasteiger partial charge in [0.1, 0.15) is 5.75 Å². The monoisotopic (exact) mass is 285 g/mol. The average Bonchev–Trinajstić information content (AvgIpc) is 2.70. The Morgan fingerprint density at radius 2 is 1.60 bits per heavy atom. The molecule has 0 unspecified atom stereocenters. The minimum absolute atomic E-state index is 0.164. The highest BCUT2D eigenvalue weighted by Gasteiger charge is 2.34. The SMILES string of the molecule is O=C1c2ccccc2C(=O)N1CSc1cccc(O)c1. The van der Waals surface area contributed by atoms with E-state index in [0.717, 1.165) is 4.90 Å². The molecule has 0 saturated heterocycles. The molecule has 3 rings (SSSR count). The summed E-state index contributed by atoms with van der Waals surface area (Å²) in [6, 6.07) is 13.5. The molecule has 0 fully saturated rings. The van der Waals surface area contributed by atoms with Gasteiger partial charge in [-0.2, -0.15) is 0 Å². The first kappa shape index (κ1) is 12.7. The number of hydrogen-bond donors (Lipinski definition) is 1. The van der Waals surface area contributed by atoms with Crippen molar-refractivity contribution in [1.82, 2.24) is 4.90 Å². The molecule has 1 aliphatic heterocycles. The summed E-state index contributed by atoms with van der Waals surface area (Å²) in [4.78, 5) is 26.3. The van der Waals surface area contributed by atoms with Gasteiger partial charge in [-0.15, -0.1) is 11.8 Å². The molecule has 0 bridgehead atoms. The molecule has 20 heavy (non-hydrogen) atoms. The van der Waals surface area contributed by atoms with E-state index in [2.05, 4.69) is 0 Å². The lowest BCUT2D eigenvalue weighted by Crippen LogP contribution is -2.29. The smallest absolute Gasteiger partial charge is 0.262 e. The number of phenols is 1. The van der Waals surface area contributed by atoms with E-state index in [1.165, 1.54) is 16.7 Å². The Morgan fingerprint density at radius 3 is 2.20 bits per heavy atom. The van der Waals surface area contributed by atoms with Crippen molar-refractivity contribution in [3.8, 4) is 5.75 Å². The Balaban J connectivity index is 1.77. The van der Waals surface area contributed by atoms with Gasteiger partial charge in [0.2, 0.25) is 0 Å². The highest BCUT2D eigenvalue weighted by atomic mass is 32.2. The second kappa shape index (κ2) is 5.02. The van der Waals surface area contributed by atoms with E-state index in [-0.39, 0.29) is 23.4 Å². The van der Waals surface area contributed by atoms with Gasteiger partial charge in [0.05, 0.1) is 17.0 Å². The Morgan fingerprint density at radius 1 is 0.950 bits per heavy atom. The van der Waals surface area contributed by atoms with Crippen molar-refractivity contribution in [2.45, 2.75) is 4.90 Å². The lowest BCUT2D eigenvalue weighted by atomic mass is 10.1. The standard InChI is InChI=1S/C15H11NO3S/c17-10-4-3-5-11(8-10)20-9-16-14(18)12-6-1-2-7-13(12)15(16)19/h1-8,17H,9H2. The number of aromatic hydroxyl groups is 1. The number of carbonyl (C=O) groups excluding carboxylic acids is 2. The topological polar surface area (TPSA) is 57.6 Å². The quantitative estimate of drug-likeness (QED) is 0.696. The molecule has 0 aromatic heterocycles. The van der Waals surface area contributed by atoms with Crippen LogP contribution in [0.4, 0.5) is 0 Å². The Hall–Kier alpha value is -2.27. The zero-order valence-corrected chi connectivity index (χ0v) is 11.3. The van der Waals surface area contributed by atoms with Crippen molar-refractivity contribution >= 4 is 23.6 Å². The highest BCUT2D eigenvalue weighted by Crippen LogP contribution is 2.28. The molecular weight excluding hydrogens is 274 g/mol. The van der Waals surface area contributed by atoms with Crippen LogP contribution in [0, 0.1) is 0 Å². The van der Waals surface area contributed by atoms with Gasteiger partial charge in [0.25, 0.3) is 11.8 Å². The number of imide groups is 1. The van der Waals surface area contributed by atoms with Gasteiger partial charge >= 0.3 is 0 Å². The van der Waals surface area contributed by atoms with Gasteiger partial charge in [0, 0.05) is 4.90 Å². The second-order valence-corrected chi connectivity index (χ2v) is 5.37. The summed E-state index contributed by atoms with van der Waals surface area (Å²) in [5, 5.41) is 9.39. The van der Waals surface area contributed by atoms with E-state index in [1.54, 1.807) is 42.5 Å². The summed E-state index contributed by atoms with van der Waals surface area (Å²) in [5.41, 5.74) is 0.906. The molecule has 100 valence electrons. The number of thioether (sulfide) groups is 1. The van der Waals surface area contributed by atoms with Crippen molar-refractivity contribution in [1.29, 1.82) is 0 Å². The van der Waals surface area contributed by atoms with Crippen LogP contribution in [0.25, 0.3) is 0 Å². The van der Waals surface area contributed by atoms with E-state index in [4.69, 9.17) is 0 Å². The van der Waals surface area contributed by atoms with Crippen LogP contribution in [0.15, 0.2) is 53.4 Å². The van der Waals surface area contributed by atoms with Crippen LogP contribution < -0.4 is 0 Å². The second-order valence-electron chi connectivity index (χ2n) is 4.35. The predicted molar refractivity (Wildman–Crippen MR) is 75.8 cm³/mol. The summed E-state index contributed by atoms with van der Waals surface area (Å²) < 4.78 is 0. The largest absolute Gasteiger partial charge is 0.508 e. The molecule has 0 spiro atoms. The fourth-order valence-electron chi connectivity index (χ4n) is 2.07. The normalized spacial score (nSPS) is 13.7. The predicted octanol–water partition coefficient (Wildman–Crippen LogP) is 2.74. The zero-order valence-electron chi connectivity index (χ0n) is 10.4. The molecule has 1 N–H and O–H groups in total. The summed E-state index contributed by atoms with van der Waals surface area (Å²) in [5.74, 6) is -0.135. The van der Waals surface area contributed by atoms with Crippen LogP contribution in [-0.2, 0) is 0 Å². The van der Waals surface area contributed by atoms with E-state index in [1.807, 2.05) is 6.07 Å². The number of fused-ring (bicyclic) bond motifs is 1. The number of phenolic OH excluding ortho intramolecular Hbond substituents is 1. The molecule has 1 heterocycles. The van der Waals surface area contributed by atoms with Gasteiger partial charge in [0.15, 0.2) is 0 Å². The van der Waals surface area contributed by atoms with E-state index in [9.17, 15) is 14.7 Å². The van der Waals surface area contributed by atoms with Crippen LogP contribution in [0.3, 0.4) is 0 Å². The first-order chi connectivity index (χ1) is 9.66. The molecule has 2 amide bonds. The summed E-state index contributed by atoms with van der Waals surface area (Å²) in [6.45, 7) is 0. The number of nitrogens with zero attached hydrogens (tertiary/aromatic N) is 1. The lowest BCUT2D eigenvalue weighted by Gasteiger charge is -2.13. The summed E-state index contributed by atoms with van der Waals surface area (Å²) in [7, 11) is 0. The number of amides is 2. The van der Waals surface area contributed by atoms with Gasteiger partial charge in [-0.25, -0.2) is 0 Å². The van der Waals surface area contributed by atoms with Crippen LogP contribution in [0.2, 0.25) is 0 Å². The van der Waals surface area contributed by atoms with Gasteiger partial charge in [-0.3, -0.25) is 14.5 Å². The molecule has 1 aliphatic rings. The summed E-state index contributed by atoms with van der Waals surface area (Å²) in [6.07, 6.45) is 0. The third kappa shape index (κ3) is 2.16. The van der Waals surface area contributed by atoms with Crippen molar-refractivity contribution in [2.75, 3.05) is 5.88 Å². The van der Waals surface area contributed by atoms with Crippen molar-refractivity contribution < 1.29 is 14.7 Å². The minimum atomic E-state index is -0.266. The van der Waals surface area contributed by atoms with Crippen molar-refractivity contribution in [3.05, 3.63) is 59.7 Å². The van der Waals surface area contributed by atoms with Crippen LogP contribution in [-0.4, -0.2) is 27.7 Å². The van der Waals surface area contributed by atoms with Crippen LogP contribution in [0.1, 0.15) is 20.7 Å². The maximum atomic E-state index is 12.1. The fourth-order valence-corrected chi connectivity index (χ4v) is 2.96. The zero-order chi connectivity index (χ0) is 14.1. The third-order valence-corrected chi connectivity index (χ3v) is 4.03. The van der Waals surface area contributed by atoms with E-state index >= 15 is 0 Å². The molecule has 5 heteroatoms. The average molecular weight is 285 g/mol. The molecule has 0 aliphatic carbocycles. The summed E-state index contributed by atoms with van der Waals surface area (Å²) >= 11 is 1.33. The van der Waals surface area contributed by atoms with Gasteiger partial charge < -0.3 is 5.11 Å². The number of rotatable bonds is 3. The Labute approximate surface area is 120 Å². The van der Waals surface area contributed by atoms with E-state index in [0.29, 0.717) is 11.1 Å².